The van der Waals surface area contributed by atoms with Crippen molar-refractivity contribution in [1.29, 1.82) is 0 Å². The van der Waals surface area contributed by atoms with Crippen molar-refractivity contribution in [2.75, 3.05) is 26.6 Å². The SMILES string of the molecule is COCC(CO)NC(=O)c1ccc(CSC)o1. The average Bonchev–Trinajstić information content (AvgIpc) is 2.77. The summed E-state index contributed by atoms with van der Waals surface area (Å²) in [7, 11) is 1.51. The zero-order valence-electron chi connectivity index (χ0n) is 9.93. The Balaban J connectivity index is 2.55. The van der Waals surface area contributed by atoms with E-state index in [0.29, 0.717) is 0 Å². The van der Waals surface area contributed by atoms with Gasteiger partial charge in [-0.3, -0.25) is 4.79 Å². The summed E-state index contributed by atoms with van der Waals surface area (Å²) < 4.78 is 10.2. The molecule has 1 heterocycles. The highest BCUT2D eigenvalue weighted by atomic mass is 32.2. The zero-order chi connectivity index (χ0) is 12.7. The maximum atomic E-state index is 11.7. The van der Waals surface area contributed by atoms with Crippen LogP contribution < -0.4 is 5.32 Å². The van der Waals surface area contributed by atoms with Gasteiger partial charge in [0.2, 0.25) is 0 Å². The fourth-order valence-corrected chi connectivity index (χ4v) is 1.76. The molecule has 96 valence electrons. The molecule has 0 aliphatic carbocycles. The summed E-state index contributed by atoms with van der Waals surface area (Å²) >= 11 is 1.62. The first kappa shape index (κ1) is 14.1. The Labute approximate surface area is 105 Å². The van der Waals surface area contributed by atoms with Crippen molar-refractivity contribution in [3.8, 4) is 0 Å². The van der Waals surface area contributed by atoms with Gasteiger partial charge in [0, 0.05) is 7.11 Å². The van der Waals surface area contributed by atoms with Crippen molar-refractivity contribution < 1.29 is 19.1 Å². The number of thioether (sulfide) groups is 1. The van der Waals surface area contributed by atoms with Crippen LogP contribution in [-0.2, 0) is 10.5 Å². The number of rotatable bonds is 7. The topological polar surface area (TPSA) is 71.7 Å². The maximum Gasteiger partial charge on any atom is 0.287 e. The fourth-order valence-electron chi connectivity index (χ4n) is 1.32. The molecule has 6 heteroatoms. The van der Waals surface area contributed by atoms with Crippen LogP contribution in [0.2, 0.25) is 0 Å². The lowest BCUT2D eigenvalue weighted by atomic mass is 10.3. The first-order chi connectivity index (χ1) is 8.21. The van der Waals surface area contributed by atoms with Crippen LogP contribution in [0.1, 0.15) is 16.3 Å². The van der Waals surface area contributed by atoms with Crippen molar-refractivity contribution in [2.24, 2.45) is 0 Å². The molecule has 1 aromatic rings. The number of hydrogen-bond acceptors (Lipinski definition) is 5. The smallest absolute Gasteiger partial charge is 0.287 e. The minimum absolute atomic E-state index is 0.169. The van der Waals surface area contributed by atoms with Crippen LogP contribution in [0.15, 0.2) is 16.5 Å². The number of carbonyl (C=O) groups excluding carboxylic acids is 1. The van der Waals surface area contributed by atoms with E-state index in [2.05, 4.69) is 5.32 Å². The molecule has 17 heavy (non-hydrogen) atoms. The minimum atomic E-state index is -0.415. The van der Waals surface area contributed by atoms with E-state index in [4.69, 9.17) is 14.3 Å². The highest BCUT2D eigenvalue weighted by molar-refractivity contribution is 7.97. The summed E-state index contributed by atoms with van der Waals surface area (Å²) in [5, 5.41) is 11.6. The van der Waals surface area contributed by atoms with Crippen LogP contribution in [0, 0.1) is 0 Å². The molecule has 1 unspecified atom stereocenters. The van der Waals surface area contributed by atoms with Gasteiger partial charge in [0.15, 0.2) is 5.76 Å². The molecule has 1 aromatic heterocycles. The Bertz CT molecular complexity index is 353. The number of amides is 1. The lowest BCUT2D eigenvalue weighted by Gasteiger charge is -2.13. The monoisotopic (exact) mass is 259 g/mol. The van der Waals surface area contributed by atoms with Crippen LogP contribution in [0.25, 0.3) is 0 Å². The number of hydrogen-bond donors (Lipinski definition) is 2. The van der Waals surface area contributed by atoms with E-state index in [1.807, 2.05) is 6.26 Å². The second-order valence-electron chi connectivity index (χ2n) is 3.51. The molecule has 0 aliphatic rings. The molecule has 0 aliphatic heterocycles. The van der Waals surface area contributed by atoms with Gasteiger partial charge in [-0.25, -0.2) is 0 Å². The van der Waals surface area contributed by atoms with Crippen molar-refractivity contribution in [3.05, 3.63) is 23.7 Å². The van der Waals surface area contributed by atoms with Crippen LogP contribution in [0.3, 0.4) is 0 Å². The first-order valence-electron chi connectivity index (χ1n) is 5.19. The number of furan rings is 1. The van der Waals surface area contributed by atoms with Crippen molar-refractivity contribution in [1.82, 2.24) is 5.32 Å². The molecule has 0 saturated carbocycles. The Morgan fingerprint density at radius 1 is 1.65 bits per heavy atom. The average molecular weight is 259 g/mol. The molecule has 0 saturated heterocycles. The van der Waals surface area contributed by atoms with E-state index in [-0.39, 0.29) is 24.9 Å². The second-order valence-corrected chi connectivity index (χ2v) is 4.37. The largest absolute Gasteiger partial charge is 0.455 e. The lowest BCUT2D eigenvalue weighted by molar-refractivity contribution is 0.0813. The van der Waals surface area contributed by atoms with Crippen LogP contribution in [0.5, 0.6) is 0 Å². The van der Waals surface area contributed by atoms with Gasteiger partial charge in [-0.15, -0.1) is 0 Å². The Hall–Kier alpha value is -0.980. The molecule has 0 spiro atoms. The summed E-state index contributed by atoms with van der Waals surface area (Å²) in [6.07, 6.45) is 1.96. The van der Waals surface area contributed by atoms with Gasteiger partial charge in [-0.2, -0.15) is 11.8 Å². The molecule has 1 amide bonds. The molecule has 5 nitrogen and oxygen atoms in total. The standard InChI is InChI=1S/C11H17NO4S/c1-15-6-8(5-13)12-11(14)10-4-3-9(16-10)7-17-2/h3-4,8,13H,5-7H2,1-2H3,(H,12,14). The van der Waals surface area contributed by atoms with Gasteiger partial charge < -0.3 is 19.6 Å². The van der Waals surface area contributed by atoms with Gasteiger partial charge in [-0.05, 0) is 18.4 Å². The zero-order valence-corrected chi connectivity index (χ0v) is 10.8. The predicted molar refractivity (Wildman–Crippen MR) is 66.1 cm³/mol. The summed E-state index contributed by atoms with van der Waals surface area (Å²) in [4.78, 5) is 11.7. The van der Waals surface area contributed by atoms with E-state index in [9.17, 15) is 4.79 Å². The van der Waals surface area contributed by atoms with Crippen LogP contribution in [0.4, 0.5) is 0 Å². The lowest BCUT2D eigenvalue weighted by Crippen LogP contribution is -2.40. The van der Waals surface area contributed by atoms with E-state index >= 15 is 0 Å². The summed E-state index contributed by atoms with van der Waals surface area (Å²) in [5.41, 5.74) is 0. The normalized spacial score (nSPS) is 12.4. The highest BCUT2D eigenvalue weighted by Crippen LogP contribution is 2.13. The summed E-state index contributed by atoms with van der Waals surface area (Å²) in [6.45, 7) is 0.0958. The number of methoxy groups -OCH3 is 1. The molecular weight excluding hydrogens is 242 g/mol. The van der Waals surface area contributed by atoms with Gasteiger partial charge in [-0.1, -0.05) is 0 Å². The van der Waals surface area contributed by atoms with Gasteiger partial charge in [0.05, 0.1) is 25.0 Å². The Morgan fingerprint density at radius 3 is 3.00 bits per heavy atom. The minimum Gasteiger partial charge on any atom is -0.455 e. The van der Waals surface area contributed by atoms with E-state index in [0.717, 1.165) is 11.5 Å². The van der Waals surface area contributed by atoms with Crippen molar-refractivity contribution in [3.63, 3.8) is 0 Å². The van der Waals surface area contributed by atoms with Crippen LogP contribution >= 0.6 is 11.8 Å². The number of aliphatic hydroxyl groups excluding tert-OH is 1. The highest BCUT2D eigenvalue weighted by Gasteiger charge is 2.15. The molecule has 0 radical (unpaired) electrons. The molecule has 0 fully saturated rings. The molecule has 2 N–H and O–H groups in total. The number of aliphatic hydroxyl groups is 1. The quantitative estimate of drug-likeness (QED) is 0.760. The first-order valence-corrected chi connectivity index (χ1v) is 6.59. The third kappa shape index (κ3) is 4.41. The molecule has 1 atom stereocenters. The van der Waals surface area contributed by atoms with Gasteiger partial charge in [0.1, 0.15) is 5.76 Å². The van der Waals surface area contributed by atoms with E-state index < -0.39 is 6.04 Å². The van der Waals surface area contributed by atoms with Crippen molar-refractivity contribution in [2.45, 2.75) is 11.8 Å². The maximum absolute atomic E-state index is 11.7. The number of ether oxygens (including phenoxy) is 1. The Kier molecular flexibility index (Phi) is 6.10. The second kappa shape index (κ2) is 7.37. The van der Waals surface area contributed by atoms with Gasteiger partial charge >= 0.3 is 0 Å². The molecular formula is C11H17NO4S. The van der Waals surface area contributed by atoms with Crippen molar-refractivity contribution >= 4 is 17.7 Å². The number of carbonyl (C=O) groups is 1. The summed E-state index contributed by atoms with van der Waals surface area (Å²) in [6, 6.07) is 2.99. The summed E-state index contributed by atoms with van der Waals surface area (Å²) in [5.74, 6) is 1.40. The fraction of sp³-hybridized carbons (Fsp3) is 0.545. The molecule has 0 bridgehead atoms. The molecule has 0 aromatic carbocycles. The van der Waals surface area contributed by atoms with E-state index in [1.165, 1.54) is 7.11 Å². The Morgan fingerprint density at radius 2 is 2.41 bits per heavy atom. The number of nitrogens with one attached hydrogen (secondary N) is 1. The van der Waals surface area contributed by atoms with Gasteiger partial charge in [0.25, 0.3) is 5.91 Å². The van der Waals surface area contributed by atoms with E-state index in [1.54, 1.807) is 23.9 Å². The van der Waals surface area contributed by atoms with Crippen LogP contribution in [-0.4, -0.2) is 43.6 Å². The predicted octanol–water partition coefficient (Wildman–Crippen LogP) is 0.880. The third-order valence-corrected chi connectivity index (χ3v) is 2.67. The molecule has 1 rings (SSSR count). The third-order valence-electron chi connectivity index (χ3n) is 2.10.